The third-order valence-corrected chi connectivity index (χ3v) is 5.71. The highest BCUT2D eigenvalue weighted by Gasteiger charge is 1.98. The molecule has 6 nitrogen and oxygen atoms in total. The molecule has 2 amide bonds. The fraction of sp³-hybridized carbons (Fsp3) is 0.714. The lowest BCUT2D eigenvalue weighted by Gasteiger charge is -2.06. The Bertz CT molecular complexity index is 605. The molecule has 1 aromatic carbocycles. The first-order chi connectivity index (χ1) is 16.5. The lowest BCUT2D eigenvalue weighted by atomic mass is 10.1. The SMILES string of the molecule is CCCCCCCCCC(N)=O.CNC(=O)CCCCCCCCCCOc1ccc(O)cc1. The molecule has 196 valence electrons. The second-order valence-electron chi connectivity index (χ2n) is 8.93. The number of carbonyl (C=O) groups excluding carboxylic acids is 2. The molecule has 6 heteroatoms. The predicted molar refractivity (Wildman–Crippen MR) is 141 cm³/mol. The van der Waals surface area contributed by atoms with Crippen molar-refractivity contribution in [3.63, 3.8) is 0 Å². The number of amides is 2. The molecule has 0 saturated carbocycles. The van der Waals surface area contributed by atoms with Crippen molar-refractivity contribution in [1.82, 2.24) is 5.32 Å². The van der Waals surface area contributed by atoms with Crippen LogP contribution in [0, 0.1) is 0 Å². The van der Waals surface area contributed by atoms with Crippen molar-refractivity contribution in [1.29, 1.82) is 0 Å². The number of phenolic OH excluding ortho intramolecular Hbond substituents is 1. The normalized spacial score (nSPS) is 10.3. The van der Waals surface area contributed by atoms with Crippen LogP contribution < -0.4 is 15.8 Å². The summed E-state index contributed by atoms with van der Waals surface area (Å²) in [6, 6.07) is 6.85. The summed E-state index contributed by atoms with van der Waals surface area (Å²) in [5, 5.41) is 11.8. The molecule has 0 bridgehead atoms. The van der Waals surface area contributed by atoms with Crippen molar-refractivity contribution in [3.8, 4) is 11.5 Å². The minimum Gasteiger partial charge on any atom is -0.508 e. The van der Waals surface area contributed by atoms with Crippen LogP contribution in [0.1, 0.15) is 116 Å². The summed E-state index contributed by atoms with van der Waals surface area (Å²) in [7, 11) is 1.69. The van der Waals surface area contributed by atoms with E-state index in [4.69, 9.17) is 15.6 Å². The second kappa shape index (κ2) is 23.9. The Balaban J connectivity index is 0.000000770. The molecule has 0 heterocycles. The van der Waals surface area contributed by atoms with E-state index in [0.29, 0.717) is 12.8 Å². The van der Waals surface area contributed by atoms with Gasteiger partial charge in [0, 0.05) is 19.9 Å². The highest BCUT2D eigenvalue weighted by atomic mass is 16.5. The number of ether oxygens (including phenoxy) is 1. The quantitative estimate of drug-likeness (QED) is 0.183. The van der Waals surface area contributed by atoms with E-state index in [1.165, 1.54) is 64.2 Å². The molecular weight excluding hydrogens is 428 g/mol. The van der Waals surface area contributed by atoms with E-state index < -0.39 is 0 Å². The molecule has 1 rings (SSSR count). The summed E-state index contributed by atoms with van der Waals surface area (Å²) < 4.78 is 5.60. The van der Waals surface area contributed by atoms with Gasteiger partial charge in [-0.1, -0.05) is 84.0 Å². The van der Waals surface area contributed by atoms with Crippen molar-refractivity contribution in [2.75, 3.05) is 13.7 Å². The molecule has 1 aromatic rings. The largest absolute Gasteiger partial charge is 0.508 e. The predicted octanol–water partition coefficient (Wildman–Crippen LogP) is 6.64. The number of nitrogens with two attached hydrogens (primary N) is 1. The minimum atomic E-state index is -0.163. The van der Waals surface area contributed by atoms with Crippen molar-refractivity contribution in [3.05, 3.63) is 24.3 Å². The van der Waals surface area contributed by atoms with Crippen LogP contribution in [0.3, 0.4) is 0 Å². The van der Waals surface area contributed by atoms with E-state index >= 15 is 0 Å². The van der Waals surface area contributed by atoms with Crippen LogP contribution in [0.4, 0.5) is 0 Å². The fourth-order valence-corrected chi connectivity index (χ4v) is 3.56. The van der Waals surface area contributed by atoms with Gasteiger partial charge in [-0.25, -0.2) is 0 Å². The molecule has 34 heavy (non-hydrogen) atoms. The van der Waals surface area contributed by atoms with Gasteiger partial charge in [0.1, 0.15) is 11.5 Å². The molecule has 0 aliphatic rings. The van der Waals surface area contributed by atoms with Crippen LogP contribution >= 0.6 is 0 Å². The molecule has 0 aliphatic carbocycles. The molecule has 0 atom stereocenters. The molecule has 0 spiro atoms. The summed E-state index contributed by atoms with van der Waals surface area (Å²) >= 11 is 0. The van der Waals surface area contributed by atoms with Crippen LogP contribution in [-0.2, 0) is 9.59 Å². The molecule has 4 N–H and O–H groups in total. The number of hydrogen-bond acceptors (Lipinski definition) is 4. The van der Waals surface area contributed by atoms with Crippen molar-refractivity contribution in [2.24, 2.45) is 5.73 Å². The summed E-state index contributed by atoms with van der Waals surface area (Å²) in [6.07, 6.45) is 19.3. The minimum absolute atomic E-state index is 0.147. The summed E-state index contributed by atoms with van der Waals surface area (Å²) in [5.41, 5.74) is 5.02. The van der Waals surface area contributed by atoms with Gasteiger partial charge in [0.25, 0.3) is 0 Å². The van der Waals surface area contributed by atoms with E-state index in [2.05, 4.69) is 12.2 Å². The van der Waals surface area contributed by atoms with Crippen LogP contribution in [0.5, 0.6) is 11.5 Å². The molecular formula is C28H50N2O4. The monoisotopic (exact) mass is 478 g/mol. The summed E-state index contributed by atoms with van der Waals surface area (Å²) in [4.78, 5) is 21.4. The number of primary amides is 1. The summed E-state index contributed by atoms with van der Waals surface area (Å²) in [6.45, 7) is 2.95. The van der Waals surface area contributed by atoms with Gasteiger partial charge < -0.3 is 20.9 Å². The van der Waals surface area contributed by atoms with Crippen LogP contribution in [-0.4, -0.2) is 30.6 Å². The van der Waals surface area contributed by atoms with Crippen molar-refractivity contribution < 1.29 is 19.4 Å². The summed E-state index contributed by atoms with van der Waals surface area (Å²) in [5.74, 6) is 1.06. The molecule has 0 radical (unpaired) electrons. The highest BCUT2D eigenvalue weighted by molar-refractivity contribution is 5.75. The van der Waals surface area contributed by atoms with Gasteiger partial charge in [0.15, 0.2) is 0 Å². The first kappa shape index (κ1) is 31.8. The maximum atomic E-state index is 11.0. The molecule has 0 aromatic heterocycles. The van der Waals surface area contributed by atoms with E-state index in [1.54, 1.807) is 31.3 Å². The lowest BCUT2D eigenvalue weighted by Crippen LogP contribution is -2.16. The maximum absolute atomic E-state index is 11.0. The first-order valence-corrected chi connectivity index (χ1v) is 13.4. The Kier molecular flexibility index (Phi) is 22.3. The number of carbonyl (C=O) groups is 2. The van der Waals surface area contributed by atoms with Gasteiger partial charge in [-0.2, -0.15) is 0 Å². The number of benzene rings is 1. The number of phenols is 1. The maximum Gasteiger partial charge on any atom is 0.219 e. The third-order valence-electron chi connectivity index (χ3n) is 5.71. The molecule has 0 fully saturated rings. The van der Waals surface area contributed by atoms with E-state index in [0.717, 1.165) is 44.5 Å². The Morgan fingerprint density at radius 2 is 1.24 bits per heavy atom. The van der Waals surface area contributed by atoms with Gasteiger partial charge in [0.05, 0.1) is 6.61 Å². The van der Waals surface area contributed by atoms with Crippen LogP contribution in [0.2, 0.25) is 0 Å². The number of hydrogen-bond donors (Lipinski definition) is 3. The zero-order valence-electron chi connectivity index (χ0n) is 21.8. The van der Waals surface area contributed by atoms with Crippen molar-refractivity contribution >= 4 is 11.8 Å². The number of aromatic hydroxyl groups is 1. The van der Waals surface area contributed by atoms with E-state index in [1.807, 2.05) is 0 Å². The van der Waals surface area contributed by atoms with Crippen LogP contribution in [0.15, 0.2) is 24.3 Å². The third kappa shape index (κ3) is 22.9. The topological polar surface area (TPSA) is 102 Å². The lowest BCUT2D eigenvalue weighted by molar-refractivity contribution is -0.120. The van der Waals surface area contributed by atoms with Gasteiger partial charge in [0.2, 0.25) is 11.8 Å². The molecule has 0 saturated heterocycles. The zero-order chi connectivity index (χ0) is 25.3. The Labute approximate surface area is 208 Å². The van der Waals surface area contributed by atoms with Crippen molar-refractivity contribution in [2.45, 2.75) is 116 Å². The second-order valence-corrected chi connectivity index (χ2v) is 8.93. The van der Waals surface area contributed by atoms with E-state index in [-0.39, 0.29) is 17.6 Å². The highest BCUT2D eigenvalue weighted by Crippen LogP contribution is 2.16. The number of unbranched alkanes of at least 4 members (excludes halogenated alkanes) is 13. The van der Waals surface area contributed by atoms with Gasteiger partial charge in [-0.3, -0.25) is 9.59 Å². The number of rotatable bonds is 20. The van der Waals surface area contributed by atoms with Gasteiger partial charge >= 0.3 is 0 Å². The molecule has 0 unspecified atom stereocenters. The van der Waals surface area contributed by atoms with Gasteiger partial charge in [-0.05, 0) is 43.5 Å². The average Bonchev–Trinajstić information content (AvgIpc) is 2.83. The average molecular weight is 479 g/mol. The number of nitrogens with one attached hydrogen (secondary N) is 1. The smallest absolute Gasteiger partial charge is 0.219 e. The van der Waals surface area contributed by atoms with E-state index in [9.17, 15) is 9.59 Å². The van der Waals surface area contributed by atoms with Gasteiger partial charge in [-0.15, -0.1) is 0 Å². The first-order valence-electron chi connectivity index (χ1n) is 13.4. The fourth-order valence-electron chi connectivity index (χ4n) is 3.56. The Morgan fingerprint density at radius 1 is 0.765 bits per heavy atom. The Hall–Kier alpha value is -2.24. The zero-order valence-corrected chi connectivity index (χ0v) is 21.8. The molecule has 0 aliphatic heterocycles. The van der Waals surface area contributed by atoms with Crippen LogP contribution in [0.25, 0.3) is 0 Å². The standard InChI is InChI=1S/C18H29NO3.C10H21NO/c1-19-18(21)10-8-6-4-2-3-5-7-9-15-22-17-13-11-16(20)12-14-17;1-2-3-4-5-6-7-8-9-10(11)12/h11-14,20H,2-10,15H2,1H3,(H,19,21);2-9H2,1H3,(H2,11,12). The Morgan fingerprint density at radius 3 is 1.74 bits per heavy atom.